The van der Waals surface area contributed by atoms with Crippen LogP contribution in [0.1, 0.15) is 18.4 Å². The highest BCUT2D eigenvalue weighted by molar-refractivity contribution is 6.30. The van der Waals surface area contributed by atoms with Crippen LogP contribution in [0, 0.1) is 5.41 Å². The first kappa shape index (κ1) is 16.2. The maximum atomic E-state index is 10.1. The summed E-state index contributed by atoms with van der Waals surface area (Å²) < 4.78 is 11.2. The Morgan fingerprint density at radius 1 is 1.32 bits per heavy atom. The van der Waals surface area contributed by atoms with E-state index in [0.717, 1.165) is 36.9 Å². The zero-order chi connectivity index (χ0) is 15.4. The van der Waals surface area contributed by atoms with Crippen LogP contribution in [0.25, 0.3) is 0 Å². The smallest absolute Gasteiger partial charge is 0.0900 e. The molecule has 1 spiro atoms. The monoisotopic (exact) mass is 325 g/mol. The average Bonchev–Trinajstić information content (AvgIpc) is 2.49. The molecule has 0 amide bonds. The van der Waals surface area contributed by atoms with Gasteiger partial charge in [0, 0.05) is 36.7 Å². The molecule has 0 bridgehead atoms. The van der Waals surface area contributed by atoms with E-state index in [2.05, 4.69) is 4.90 Å². The molecule has 0 saturated carbocycles. The molecule has 1 aromatic carbocycles. The zero-order valence-electron chi connectivity index (χ0n) is 12.8. The summed E-state index contributed by atoms with van der Waals surface area (Å²) in [5.74, 6) is 0. The molecule has 1 aromatic rings. The first-order chi connectivity index (χ1) is 10.7. The van der Waals surface area contributed by atoms with Gasteiger partial charge in [0.2, 0.25) is 0 Å². The summed E-state index contributed by atoms with van der Waals surface area (Å²) in [4.78, 5) is 2.30. The van der Waals surface area contributed by atoms with Crippen LogP contribution in [-0.2, 0) is 16.1 Å². The first-order valence-electron chi connectivity index (χ1n) is 7.96. The Balaban J connectivity index is 1.32. The number of β-amino-alcohol motifs (C(OH)–C–C–N with tert-alkyl or cyclic N) is 1. The van der Waals surface area contributed by atoms with Crippen LogP contribution in [-0.4, -0.2) is 55.6 Å². The number of nitrogens with zero attached hydrogens (tertiary/aromatic N) is 1. The fourth-order valence-corrected chi connectivity index (χ4v) is 3.56. The molecule has 3 rings (SSSR count). The summed E-state index contributed by atoms with van der Waals surface area (Å²) in [7, 11) is 0. The van der Waals surface area contributed by atoms with E-state index in [9.17, 15) is 5.11 Å². The van der Waals surface area contributed by atoms with Gasteiger partial charge in [0.05, 0.1) is 25.9 Å². The average molecular weight is 326 g/mol. The number of likely N-dealkylation sites (tertiary alicyclic amines) is 1. The number of ether oxygens (including phenoxy) is 2. The highest BCUT2D eigenvalue weighted by Gasteiger charge is 2.44. The summed E-state index contributed by atoms with van der Waals surface area (Å²) in [6.07, 6.45) is 1.99. The van der Waals surface area contributed by atoms with E-state index >= 15 is 0 Å². The van der Waals surface area contributed by atoms with Crippen molar-refractivity contribution in [1.29, 1.82) is 0 Å². The molecule has 5 heteroatoms. The van der Waals surface area contributed by atoms with Gasteiger partial charge >= 0.3 is 0 Å². The SMILES string of the molecule is OC(COCc1ccc(Cl)cc1)CN1CC2(CCCOC2)C1. The number of aliphatic hydroxyl groups excluding tert-OH is 1. The van der Waals surface area contributed by atoms with Crippen molar-refractivity contribution >= 4 is 11.6 Å². The molecule has 0 radical (unpaired) electrons. The lowest BCUT2D eigenvalue weighted by molar-refractivity contribution is -0.114. The van der Waals surface area contributed by atoms with Gasteiger partial charge in [0.15, 0.2) is 0 Å². The van der Waals surface area contributed by atoms with E-state index in [1.807, 2.05) is 24.3 Å². The van der Waals surface area contributed by atoms with Crippen LogP contribution in [0.2, 0.25) is 5.02 Å². The minimum atomic E-state index is -0.436. The van der Waals surface area contributed by atoms with Gasteiger partial charge in [0.25, 0.3) is 0 Å². The molecule has 2 aliphatic rings. The standard InChI is InChI=1S/C17H24ClNO3/c18-15-4-2-14(3-5-15)9-22-10-16(20)8-19-11-17(12-19)6-1-7-21-13-17/h2-5,16,20H,1,6-13H2. The number of benzene rings is 1. The lowest BCUT2D eigenvalue weighted by Gasteiger charge is -2.52. The number of hydrogen-bond donors (Lipinski definition) is 1. The molecule has 4 nitrogen and oxygen atoms in total. The van der Waals surface area contributed by atoms with E-state index in [1.54, 1.807) is 0 Å². The summed E-state index contributed by atoms with van der Waals surface area (Å²) >= 11 is 5.84. The fraction of sp³-hybridized carbons (Fsp3) is 0.647. The molecule has 1 N–H and O–H groups in total. The largest absolute Gasteiger partial charge is 0.389 e. The predicted octanol–water partition coefficient (Wildman–Crippen LogP) is 2.33. The predicted molar refractivity (Wildman–Crippen MR) is 86.0 cm³/mol. The molecule has 0 aliphatic carbocycles. The Labute approximate surface area is 137 Å². The van der Waals surface area contributed by atoms with E-state index in [4.69, 9.17) is 21.1 Å². The highest BCUT2D eigenvalue weighted by Crippen LogP contribution is 2.37. The lowest BCUT2D eigenvalue weighted by atomic mass is 9.75. The first-order valence-corrected chi connectivity index (χ1v) is 8.33. The Bertz CT molecular complexity index is 465. The molecule has 2 heterocycles. The molecule has 122 valence electrons. The van der Waals surface area contributed by atoms with Crippen LogP contribution >= 0.6 is 11.6 Å². The van der Waals surface area contributed by atoms with E-state index in [-0.39, 0.29) is 0 Å². The van der Waals surface area contributed by atoms with Gasteiger partial charge in [0.1, 0.15) is 0 Å². The Hall–Kier alpha value is -0.650. The molecule has 2 saturated heterocycles. The van der Waals surface area contributed by atoms with Crippen LogP contribution in [0.15, 0.2) is 24.3 Å². The van der Waals surface area contributed by atoms with Gasteiger partial charge < -0.3 is 14.6 Å². The third kappa shape index (κ3) is 4.21. The van der Waals surface area contributed by atoms with Crippen molar-refractivity contribution in [2.75, 3.05) is 39.5 Å². The Morgan fingerprint density at radius 2 is 2.09 bits per heavy atom. The zero-order valence-corrected chi connectivity index (χ0v) is 13.6. The van der Waals surface area contributed by atoms with E-state index in [0.29, 0.717) is 25.2 Å². The van der Waals surface area contributed by atoms with Crippen molar-refractivity contribution in [2.24, 2.45) is 5.41 Å². The lowest BCUT2D eigenvalue weighted by Crippen LogP contribution is -2.61. The summed E-state index contributed by atoms with van der Waals surface area (Å²) in [6.45, 7) is 5.43. The molecule has 2 fully saturated rings. The van der Waals surface area contributed by atoms with Gasteiger partial charge in [-0.05, 0) is 30.5 Å². The maximum Gasteiger partial charge on any atom is 0.0900 e. The van der Waals surface area contributed by atoms with Crippen LogP contribution in [0.3, 0.4) is 0 Å². The number of rotatable bonds is 6. The number of hydrogen-bond acceptors (Lipinski definition) is 4. The quantitative estimate of drug-likeness (QED) is 0.871. The fourth-order valence-electron chi connectivity index (χ4n) is 3.44. The number of aliphatic hydroxyl groups is 1. The second kappa shape index (κ2) is 7.28. The van der Waals surface area contributed by atoms with Crippen molar-refractivity contribution in [3.63, 3.8) is 0 Å². The molecule has 1 atom stereocenters. The minimum Gasteiger partial charge on any atom is -0.389 e. The van der Waals surface area contributed by atoms with Crippen LogP contribution in [0.4, 0.5) is 0 Å². The van der Waals surface area contributed by atoms with Gasteiger partial charge in [-0.2, -0.15) is 0 Å². The van der Waals surface area contributed by atoms with E-state index in [1.165, 1.54) is 12.8 Å². The van der Waals surface area contributed by atoms with Crippen molar-refractivity contribution in [2.45, 2.75) is 25.6 Å². The Kier molecular flexibility index (Phi) is 5.37. The van der Waals surface area contributed by atoms with Gasteiger partial charge in [-0.15, -0.1) is 0 Å². The molecule has 22 heavy (non-hydrogen) atoms. The third-order valence-electron chi connectivity index (χ3n) is 4.48. The third-order valence-corrected chi connectivity index (χ3v) is 4.74. The second-order valence-electron chi connectivity index (χ2n) is 6.62. The summed E-state index contributed by atoms with van der Waals surface area (Å²) in [5.41, 5.74) is 1.43. The molecule has 1 unspecified atom stereocenters. The van der Waals surface area contributed by atoms with Crippen molar-refractivity contribution in [3.05, 3.63) is 34.9 Å². The molecule has 2 aliphatic heterocycles. The maximum absolute atomic E-state index is 10.1. The van der Waals surface area contributed by atoms with Crippen LogP contribution in [0.5, 0.6) is 0 Å². The molecule has 0 aromatic heterocycles. The molecular formula is C17H24ClNO3. The summed E-state index contributed by atoms with van der Waals surface area (Å²) in [5, 5.41) is 10.8. The topological polar surface area (TPSA) is 41.9 Å². The van der Waals surface area contributed by atoms with Crippen LogP contribution < -0.4 is 0 Å². The summed E-state index contributed by atoms with van der Waals surface area (Å²) in [6, 6.07) is 7.58. The van der Waals surface area contributed by atoms with Crippen molar-refractivity contribution in [3.8, 4) is 0 Å². The minimum absolute atomic E-state index is 0.363. The highest BCUT2D eigenvalue weighted by atomic mass is 35.5. The number of halogens is 1. The second-order valence-corrected chi connectivity index (χ2v) is 7.06. The van der Waals surface area contributed by atoms with Gasteiger partial charge in [-0.3, -0.25) is 4.90 Å². The normalized spacial score (nSPS) is 22.5. The van der Waals surface area contributed by atoms with E-state index < -0.39 is 6.10 Å². The van der Waals surface area contributed by atoms with Crippen molar-refractivity contribution in [1.82, 2.24) is 4.90 Å². The Morgan fingerprint density at radius 3 is 2.77 bits per heavy atom. The van der Waals surface area contributed by atoms with Gasteiger partial charge in [-0.1, -0.05) is 23.7 Å². The molecular weight excluding hydrogens is 302 g/mol. The van der Waals surface area contributed by atoms with Gasteiger partial charge in [-0.25, -0.2) is 0 Å². The van der Waals surface area contributed by atoms with Crippen molar-refractivity contribution < 1.29 is 14.6 Å².